The third-order valence-corrected chi connectivity index (χ3v) is 3.97. The first kappa shape index (κ1) is 14.0. The van der Waals surface area contributed by atoms with Gasteiger partial charge in [0.25, 0.3) is 5.56 Å². The van der Waals surface area contributed by atoms with Gasteiger partial charge in [0, 0.05) is 24.6 Å². The molecule has 1 aromatic heterocycles. The first-order valence-corrected chi connectivity index (χ1v) is 7.55. The maximum absolute atomic E-state index is 11.9. The quantitative estimate of drug-likeness (QED) is 0.905. The van der Waals surface area contributed by atoms with E-state index in [1.54, 1.807) is 6.07 Å². The molecule has 1 heterocycles. The SMILES string of the molecule is CC(C)NCc1cc(=O)[nH]c(C2CCc3ccccc32)n1. The molecule has 110 valence electrons. The Morgan fingerprint density at radius 2 is 2.19 bits per heavy atom. The summed E-state index contributed by atoms with van der Waals surface area (Å²) in [7, 11) is 0. The van der Waals surface area contributed by atoms with E-state index in [0.717, 1.165) is 24.4 Å². The van der Waals surface area contributed by atoms with E-state index in [-0.39, 0.29) is 11.5 Å². The van der Waals surface area contributed by atoms with Gasteiger partial charge in [0.2, 0.25) is 0 Å². The lowest BCUT2D eigenvalue weighted by molar-refractivity contribution is 0.575. The van der Waals surface area contributed by atoms with E-state index in [1.807, 2.05) is 0 Å². The Balaban J connectivity index is 1.91. The van der Waals surface area contributed by atoms with Crippen molar-refractivity contribution in [3.05, 3.63) is 63.3 Å². The number of fused-ring (bicyclic) bond motifs is 1. The van der Waals surface area contributed by atoms with Gasteiger partial charge in [0.1, 0.15) is 5.82 Å². The predicted octanol–water partition coefficient (Wildman–Crippen LogP) is 2.35. The number of benzene rings is 1. The van der Waals surface area contributed by atoms with Gasteiger partial charge < -0.3 is 10.3 Å². The normalized spacial score (nSPS) is 17.2. The van der Waals surface area contributed by atoms with Crippen LogP contribution in [0.4, 0.5) is 0 Å². The van der Waals surface area contributed by atoms with Crippen molar-refractivity contribution >= 4 is 0 Å². The summed E-state index contributed by atoms with van der Waals surface area (Å²) in [5.41, 5.74) is 3.42. The highest BCUT2D eigenvalue weighted by atomic mass is 16.1. The van der Waals surface area contributed by atoms with Crippen LogP contribution < -0.4 is 10.9 Å². The maximum Gasteiger partial charge on any atom is 0.251 e. The summed E-state index contributed by atoms with van der Waals surface area (Å²) in [6.07, 6.45) is 2.07. The third kappa shape index (κ3) is 3.05. The average molecular weight is 283 g/mol. The first-order chi connectivity index (χ1) is 10.1. The molecule has 4 nitrogen and oxygen atoms in total. The van der Waals surface area contributed by atoms with E-state index in [1.165, 1.54) is 11.1 Å². The number of aryl methyl sites for hydroxylation is 1. The third-order valence-electron chi connectivity index (χ3n) is 3.97. The second-order valence-corrected chi connectivity index (χ2v) is 5.95. The topological polar surface area (TPSA) is 57.8 Å². The fraction of sp³-hybridized carbons (Fsp3) is 0.412. The van der Waals surface area contributed by atoms with E-state index in [9.17, 15) is 4.79 Å². The Hall–Kier alpha value is -1.94. The van der Waals surface area contributed by atoms with Gasteiger partial charge in [-0.15, -0.1) is 0 Å². The number of H-pyrrole nitrogens is 1. The number of hydrogen-bond acceptors (Lipinski definition) is 3. The van der Waals surface area contributed by atoms with Crippen molar-refractivity contribution in [3.63, 3.8) is 0 Å². The molecule has 0 saturated heterocycles. The van der Waals surface area contributed by atoms with E-state index >= 15 is 0 Å². The maximum atomic E-state index is 11.9. The van der Waals surface area contributed by atoms with Crippen LogP contribution in [0.3, 0.4) is 0 Å². The lowest BCUT2D eigenvalue weighted by Gasteiger charge is -2.13. The van der Waals surface area contributed by atoms with Gasteiger partial charge in [-0.3, -0.25) is 4.79 Å². The molecule has 0 aliphatic heterocycles. The standard InChI is InChI=1S/C17H21N3O/c1-11(2)18-10-13-9-16(21)20-17(19-13)15-8-7-12-5-3-4-6-14(12)15/h3-6,9,11,15,18H,7-8,10H2,1-2H3,(H,19,20,21). The van der Waals surface area contributed by atoms with E-state index in [4.69, 9.17) is 0 Å². The molecule has 0 saturated carbocycles. The fourth-order valence-corrected chi connectivity index (χ4v) is 2.93. The summed E-state index contributed by atoms with van der Waals surface area (Å²) in [6.45, 7) is 4.80. The van der Waals surface area contributed by atoms with E-state index in [2.05, 4.69) is 53.4 Å². The summed E-state index contributed by atoms with van der Waals surface area (Å²) in [6, 6.07) is 10.4. The molecule has 1 atom stereocenters. The van der Waals surface area contributed by atoms with Crippen LogP contribution in [-0.4, -0.2) is 16.0 Å². The number of nitrogens with one attached hydrogen (secondary N) is 2. The second kappa shape index (κ2) is 5.82. The predicted molar refractivity (Wildman–Crippen MR) is 83.4 cm³/mol. The fourth-order valence-electron chi connectivity index (χ4n) is 2.93. The lowest BCUT2D eigenvalue weighted by atomic mass is 10.0. The molecule has 0 amide bonds. The minimum absolute atomic E-state index is 0.0649. The van der Waals surface area contributed by atoms with Crippen molar-refractivity contribution in [2.45, 2.75) is 45.2 Å². The van der Waals surface area contributed by atoms with Gasteiger partial charge in [-0.05, 0) is 24.0 Å². The molecule has 0 spiro atoms. The van der Waals surface area contributed by atoms with Crippen molar-refractivity contribution in [1.29, 1.82) is 0 Å². The van der Waals surface area contributed by atoms with E-state index < -0.39 is 0 Å². The van der Waals surface area contributed by atoms with Gasteiger partial charge in [0.15, 0.2) is 0 Å². The Kier molecular flexibility index (Phi) is 3.88. The number of rotatable bonds is 4. The zero-order valence-corrected chi connectivity index (χ0v) is 12.5. The lowest BCUT2D eigenvalue weighted by Crippen LogP contribution is -2.25. The highest BCUT2D eigenvalue weighted by molar-refractivity contribution is 5.38. The van der Waals surface area contributed by atoms with Crippen LogP contribution in [0.2, 0.25) is 0 Å². The number of nitrogens with zero attached hydrogens (tertiary/aromatic N) is 1. The molecule has 0 bridgehead atoms. The molecule has 2 aromatic rings. The summed E-state index contributed by atoms with van der Waals surface area (Å²) >= 11 is 0. The van der Waals surface area contributed by atoms with Crippen LogP contribution in [0.15, 0.2) is 35.1 Å². The number of aromatic amines is 1. The number of aromatic nitrogens is 2. The summed E-state index contributed by atoms with van der Waals surface area (Å²) in [5.74, 6) is 1.01. The summed E-state index contributed by atoms with van der Waals surface area (Å²) in [5, 5.41) is 3.31. The number of hydrogen-bond donors (Lipinski definition) is 2. The molecule has 1 aromatic carbocycles. The largest absolute Gasteiger partial charge is 0.310 e. The summed E-state index contributed by atoms with van der Waals surface area (Å²) < 4.78 is 0. The second-order valence-electron chi connectivity index (χ2n) is 5.95. The molecule has 2 N–H and O–H groups in total. The molecule has 4 heteroatoms. The molecule has 0 radical (unpaired) electrons. The molecular formula is C17H21N3O. The highest BCUT2D eigenvalue weighted by Gasteiger charge is 2.25. The Bertz CT molecular complexity index is 690. The smallest absolute Gasteiger partial charge is 0.251 e. The minimum Gasteiger partial charge on any atom is -0.310 e. The minimum atomic E-state index is -0.0649. The van der Waals surface area contributed by atoms with Crippen LogP contribution in [0, 0.1) is 0 Å². The van der Waals surface area contributed by atoms with Crippen molar-refractivity contribution in [2.24, 2.45) is 0 Å². The molecular weight excluding hydrogens is 262 g/mol. The first-order valence-electron chi connectivity index (χ1n) is 7.55. The van der Waals surface area contributed by atoms with Crippen LogP contribution in [-0.2, 0) is 13.0 Å². The van der Waals surface area contributed by atoms with Crippen molar-refractivity contribution in [1.82, 2.24) is 15.3 Å². The molecule has 0 fully saturated rings. The van der Waals surface area contributed by atoms with Gasteiger partial charge in [0.05, 0.1) is 5.69 Å². The summed E-state index contributed by atoms with van der Waals surface area (Å²) in [4.78, 5) is 19.5. The van der Waals surface area contributed by atoms with Crippen LogP contribution in [0.5, 0.6) is 0 Å². The van der Waals surface area contributed by atoms with Crippen LogP contribution in [0.25, 0.3) is 0 Å². The van der Waals surface area contributed by atoms with Gasteiger partial charge in [-0.25, -0.2) is 4.98 Å². The molecule has 3 rings (SSSR count). The van der Waals surface area contributed by atoms with E-state index in [0.29, 0.717) is 12.6 Å². The van der Waals surface area contributed by atoms with Crippen LogP contribution >= 0.6 is 0 Å². The average Bonchev–Trinajstić information content (AvgIpc) is 2.88. The van der Waals surface area contributed by atoms with Crippen LogP contribution in [0.1, 0.15) is 48.8 Å². The van der Waals surface area contributed by atoms with Crippen molar-refractivity contribution in [2.75, 3.05) is 0 Å². The molecule has 1 aliphatic carbocycles. The zero-order valence-electron chi connectivity index (χ0n) is 12.5. The van der Waals surface area contributed by atoms with Crippen molar-refractivity contribution < 1.29 is 0 Å². The molecule has 1 aliphatic rings. The molecule has 1 unspecified atom stereocenters. The van der Waals surface area contributed by atoms with Gasteiger partial charge in [-0.2, -0.15) is 0 Å². The monoisotopic (exact) mass is 283 g/mol. The van der Waals surface area contributed by atoms with Crippen molar-refractivity contribution in [3.8, 4) is 0 Å². The Morgan fingerprint density at radius 3 is 3.00 bits per heavy atom. The zero-order chi connectivity index (χ0) is 14.8. The van der Waals surface area contributed by atoms with Gasteiger partial charge in [-0.1, -0.05) is 38.1 Å². The Morgan fingerprint density at radius 1 is 1.38 bits per heavy atom. The Labute approximate surface area is 124 Å². The highest BCUT2D eigenvalue weighted by Crippen LogP contribution is 2.35. The molecule has 21 heavy (non-hydrogen) atoms. The van der Waals surface area contributed by atoms with Gasteiger partial charge >= 0.3 is 0 Å².